The molecule has 33 heavy (non-hydrogen) atoms. The Bertz CT molecular complexity index is 1330. The summed E-state index contributed by atoms with van der Waals surface area (Å²) in [7, 11) is 4.27. The van der Waals surface area contributed by atoms with Gasteiger partial charge in [0.05, 0.1) is 24.6 Å². The summed E-state index contributed by atoms with van der Waals surface area (Å²) < 4.78 is 7.55. The zero-order valence-corrected chi connectivity index (χ0v) is 18.2. The molecule has 3 heterocycles. The zero-order valence-electron chi connectivity index (χ0n) is 18.2. The third-order valence-corrected chi connectivity index (χ3v) is 5.05. The fourth-order valence-corrected chi connectivity index (χ4v) is 3.39. The van der Waals surface area contributed by atoms with Crippen molar-refractivity contribution in [3.8, 4) is 0 Å². The second kappa shape index (κ2) is 8.91. The van der Waals surface area contributed by atoms with Crippen molar-refractivity contribution in [2.75, 3.05) is 25.6 Å². The number of esters is 1. The van der Waals surface area contributed by atoms with E-state index in [0.29, 0.717) is 17.0 Å². The van der Waals surface area contributed by atoms with Gasteiger partial charge >= 0.3 is 5.97 Å². The van der Waals surface area contributed by atoms with E-state index < -0.39 is 17.8 Å². The van der Waals surface area contributed by atoms with Gasteiger partial charge in [-0.2, -0.15) is 10.2 Å². The topological polar surface area (TPSA) is 115 Å². The molecule has 3 aromatic heterocycles. The molecule has 0 aliphatic rings. The highest BCUT2D eigenvalue weighted by atomic mass is 16.5. The number of methoxy groups -OCH3 is 1. The summed E-state index contributed by atoms with van der Waals surface area (Å²) in [5.74, 6) is -1.58. The van der Waals surface area contributed by atoms with Crippen molar-refractivity contribution in [2.24, 2.45) is 7.05 Å². The monoisotopic (exact) mass is 447 g/mol. The summed E-state index contributed by atoms with van der Waals surface area (Å²) in [6.45, 7) is -0.260. The molecule has 0 radical (unpaired) electrons. The maximum absolute atomic E-state index is 13.9. The zero-order chi connectivity index (χ0) is 23.5. The van der Waals surface area contributed by atoms with Gasteiger partial charge in [0.1, 0.15) is 18.6 Å². The molecule has 4 aromatic rings. The van der Waals surface area contributed by atoms with Gasteiger partial charge in [-0.1, -0.05) is 18.2 Å². The predicted molar refractivity (Wildman–Crippen MR) is 118 cm³/mol. The quantitative estimate of drug-likeness (QED) is 0.413. The molecule has 0 spiro atoms. The van der Waals surface area contributed by atoms with E-state index in [9.17, 15) is 14.4 Å². The molecule has 0 aliphatic heterocycles. The fourth-order valence-electron chi connectivity index (χ4n) is 3.39. The van der Waals surface area contributed by atoms with Gasteiger partial charge in [0, 0.05) is 32.0 Å². The number of anilines is 2. The summed E-state index contributed by atoms with van der Waals surface area (Å²) in [5.41, 5.74) is 1.82. The van der Waals surface area contributed by atoms with Crippen molar-refractivity contribution in [1.82, 2.24) is 29.3 Å². The van der Waals surface area contributed by atoms with Gasteiger partial charge in [0.15, 0.2) is 5.65 Å². The average Bonchev–Trinajstić information content (AvgIpc) is 3.45. The van der Waals surface area contributed by atoms with E-state index in [-0.39, 0.29) is 17.8 Å². The molecule has 0 bridgehead atoms. The van der Waals surface area contributed by atoms with E-state index in [2.05, 4.69) is 19.9 Å². The number of carbonyl (C=O) groups is 3. The SMILES string of the molecule is COC(=O)CN(C)C(=O)c1cnn(C)c1C(=O)N(c1ccccc1)c1ccn2ncnc2c1. The van der Waals surface area contributed by atoms with Crippen LogP contribution in [0.2, 0.25) is 0 Å². The molecule has 168 valence electrons. The Kier molecular flexibility index (Phi) is 5.85. The van der Waals surface area contributed by atoms with Crippen molar-refractivity contribution in [2.45, 2.75) is 0 Å². The number of pyridine rings is 1. The minimum atomic E-state index is -0.574. The second-order valence-electron chi connectivity index (χ2n) is 7.19. The van der Waals surface area contributed by atoms with Gasteiger partial charge in [0.25, 0.3) is 11.8 Å². The third-order valence-electron chi connectivity index (χ3n) is 5.05. The number of amides is 2. The summed E-state index contributed by atoms with van der Waals surface area (Å²) in [5, 5.41) is 8.22. The fraction of sp³-hybridized carbons (Fsp3) is 0.182. The molecule has 0 N–H and O–H groups in total. The molecular formula is C22H21N7O4. The number of nitrogens with zero attached hydrogens (tertiary/aromatic N) is 7. The van der Waals surface area contributed by atoms with Crippen LogP contribution >= 0.6 is 0 Å². The highest BCUT2D eigenvalue weighted by molar-refractivity contribution is 6.15. The van der Waals surface area contributed by atoms with Crippen LogP contribution in [0.5, 0.6) is 0 Å². The molecule has 4 rings (SSSR count). The van der Waals surface area contributed by atoms with E-state index in [1.54, 1.807) is 42.0 Å². The number of aryl methyl sites for hydroxylation is 1. The van der Waals surface area contributed by atoms with E-state index in [1.807, 2.05) is 18.2 Å². The molecule has 2 amide bonds. The lowest BCUT2D eigenvalue weighted by Crippen LogP contribution is -2.35. The Balaban J connectivity index is 1.78. The van der Waals surface area contributed by atoms with Crippen molar-refractivity contribution < 1.29 is 19.1 Å². The number of rotatable bonds is 6. The highest BCUT2D eigenvalue weighted by Gasteiger charge is 2.30. The molecule has 0 saturated heterocycles. The molecule has 0 aliphatic carbocycles. The summed E-state index contributed by atoms with van der Waals surface area (Å²) >= 11 is 0. The number of fused-ring (bicyclic) bond motifs is 1. The highest BCUT2D eigenvalue weighted by Crippen LogP contribution is 2.29. The number of hydrogen-bond acceptors (Lipinski definition) is 7. The van der Waals surface area contributed by atoms with Gasteiger partial charge < -0.3 is 9.64 Å². The predicted octanol–water partition coefficient (Wildman–Crippen LogP) is 1.69. The van der Waals surface area contributed by atoms with Crippen LogP contribution in [0.3, 0.4) is 0 Å². The van der Waals surface area contributed by atoms with E-state index in [1.165, 1.54) is 41.2 Å². The van der Waals surface area contributed by atoms with E-state index in [4.69, 9.17) is 0 Å². The summed E-state index contributed by atoms with van der Waals surface area (Å²) in [6.07, 6.45) is 4.43. The maximum Gasteiger partial charge on any atom is 0.325 e. The first-order valence-corrected chi connectivity index (χ1v) is 9.94. The van der Waals surface area contributed by atoms with Gasteiger partial charge in [-0.3, -0.25) is 24.0 Å². The maximum atomic E-state index is 13.9. The Labute approximate surface area is 188 Å². The van der Waals surface area contributed by atoms with E-state index >= 15 is 0 Å². The lowest BCUT2D eigenvalue weighted by atomic mass is 10.1. The van der Waals surface area contributed by atoms with Gasteiger partial charge in [0.2, 0.25) is 0 Å². The standard InChI is InChI=1S/C22H21N7O4/c1-26(13-19(30)33-3)21(31)17-12-24-27(2)20(17)22(32)29(15-7-5-4-6-8-15)16-9-10-28-18(11-16)23-14-25-28/h4-12,14H,13H2,1-3H3. The Morgan fingerprint density at radius 3 is 2.52 bits per heavy atom. The lowest BCUT2D eigenvalue weighted by Gasteiger charge is -2.24. The summed E-state index contributed by atoms with van der Waals surface area (Å²) in [6, 6.07) is 12.5. The van der Waals surface area contributed by atoms with E-state index in [0.717, 1.165) is 0 Å². The van der Waals surface area contributed by atoms with Crippen molar-refractivity contribution in [3.05, 3.63) is 72.4 Å². The molecule has 1 aromatic carbocycles. The van der Waals surface area contributed by atoms with Gasteiger partial charge in [-0.05, 0) is 18.2 Å². The molecule has 0 fully saturated rings. The first-order chi connectivity index (χ1) is 15.9. The van der Waals surface area contributed by atoms with Gasteiger partial charge in [-0.25, -0.2) is 9.50 Å². The Morgan fingerprint density at radius 2 is 1.79 bits per heavy atom. The van der Waals surface area contributed by atoms with Crippen molar-refractivity contribution >= 4 is 34.8 Å². The first-order valence-electron chi connectivity index (χ1n) is 9.94. The minimum absolute atomic E-state index is 0.0680. The van der Waals surface area contributed by atoms with Crippen molar-refractivity contribution in [1.29, 1.82) is 0 Å². The smallest absolute Gasteiger partial charge is 0.325 e. The second-order valence-corrected chi connectivity index (χ2v) is 7.19. The molecule has 0 saturated carbocycles. The van der Waals surface area contributed by atoms with Crippen LogP contribution in [0, 0.1) is 0 Å². The normalized spacial score (nSPS) is 10.8. The van der Waals surface area contributed by atoms with Crippen LogP contribution < -0.4 is 4.90 Å². The molecular weight excluding hydrogens is 426 g/mol. The number of benzene rings is 1. The lowest BCUT2D eigenvalue weighted by molar-refractivity contribution is -0.141. The molecule has 0 unspecified atom stereocenters. The minimum Gasteiger partial charge on any atom is -0.468 e. The number of ether oxygens (including phenoxy) is 1. The third kappa shape index (κ3) is 4.15. The summed E-state index contributed by atoms with van der Waals surface area (Å²) in [4.78, 5) is 45.4. The number of hydrogen-bond donors (Lipinski definition) is 0. The van der Waals surface area contributed by atoms with Crippen LogP contribution in [0.4, 0.5) is 11.4 Å². The van der Waals surface area contributed by atoms with Crippen LogP contribution in [-0.2, 0) is 16.6 Å². The molecule has 11 nitrogen and oxygen atoms in total. The van der Waals surface area contributed by atoms with Crippen LogP contribution in [0.1, 0.15) is 20.8 Å². The average molecular weight is 447 g/mol. The number of likely N-dealkylation sites (N-methyl/N-ethyl adjacent to an activating group) is 1. The van der Waals surface area contributed by atoms with Crippen LogP contribution in [-0.4, -0.2) is 67.8 Å². The van der Waals surface area contributed by atoms with Gasteiger partial charge in [-0.15, -0.1) is 0 Å². The molecule has 0 atom stereocenters. The Morgan fingerprint density at radius 1 is 1.03 bits per heavy atom. The number of carbonyl (C=O) groups excluding carboxylic acids is 3. The Hall–Kier alpha value is -4.54. The van der Waals surface area contributed by atoms with Crippen molar-refractivity contribution in [3.63, 3.8) is 0 Å². The van der Waals surface area contributed by atoms with Crippen LogP contribution in [0.25, 0.3) is 5.65 Å². The number of para-hydroxylation sites is 1. The van der Waals surface area contributed by atoms with Crippen LogP contribution in [0.15, 0.2) is 61.2 Å². The largest absolute Gasteiger partial charge is 0.468 e. The molecule has 11 heteroatoms. The number of aromatic nitrogens is 5. The first kappa shape index (κ1) is 21.7.